The summed E-state index contributed by atoms with van der Waals surface area (Å²) in [5, 5.41) is 8.32. The Morgan fingerprint density at radius 2 is 2.00 bits per heavy atom. The highest BCUT2D eigenvalue weighted by Gasteiger charge is 2.39. The molecule has 0 radical (unpaired) electrons. The number of nitrogens with zero attached hydrogens (tertiary/aromatic N) is 4. The van der Waals surface area contributed by atoms with Crippen molar-refractivity contribution in [3.63, 3.8) is 0 Å². The van der Waals surface area contributed by atoms with E-state index < -0.39 is 10.0 Å². The quantitative estimate of drug-likeness (QED) is 0.783. The molecule has 2 aromatic heterocycles. The van der Waals surface area contributed by atoms with Gasteiger partial charge in [-0.3, -0.25) is 4.79 Å². The van der Waals surface area contributed by atoms with Crippen LogP contribution in [0.4, 0.5) is 0 Å². The summed E-state index contributed by atoms with van der Waals surface area (Å²) in [7, 11) is -3.72. The summed E-state index contributed by atoms with van der Waals surface area (Å²) in [5.41, 5.74) is 2.22. The fourth-order valence-electron chi connectivity index (χ4n) is 4.20. The fraction of sp³-hybridized carbons (Fsp3) is 0.611. The smallest absolute Gasteiger partial charge is 0.267 e. The molecular formula is C18H24N4O4S. The van der Waals surface area contributed by atoms with Crippen LogP contribution < -0.4 is 5.56 Å². The van der Waals surface area contributed by atoms with Crippen LogP contribution in [0.1, 0.15) is 48.4 Å². The van der Waals surface area contributed by atoms with Gasteiger partial charge in [0, 0.05) is 18.7 Å². The number of aryl methyl sites for hydroxylation is 4. The lowest BCUT2D eigenvalue weighted by atomic mass is 9.97. The van der Waals surface area contributed by atoms with E-state index in [4.69, 9.17) is 4.52 Å². The maximum Gasteiger partial charge on any atom is 0.267 e. The molecule has 2 aromatic rings. The number of sulfonamides is 1. The van der Waals surface area contributed by atoms with E-state index in [1.165, 1.54) is 8.99 Å². The van der Waals surface area contributed by atoms with Gasteiger partial charge in [0.25, 0.3) is 5.56 Å². The highest BCUT2D eigenvalue weighted by atomic mass is 32.2. The molecule has 9 heteroatoms. The predicted octanol–water partition coefficient (Wildman–Crippen LogP) is 1.58. The summed E-state index contributed by atoms with van der Waals surface area (Å²) in [5.74, 6) is 0.294. The van der Waals surface area contributed by atoms with E-state index >= 15 is 0 Å². The molecule has 1 fully saturated rings. The Labute approximate surface area is 158 Å². The Hall–Kier alpha value is -2.00. The Balaban J connectivity index is 1.64. The van der Waals surface area contributed by atoms with Gasteiger partial charge in [0.1, 0.15) is 10.6 Å². The van der Waals surface area contributed by atoms with Crippen LogP contribution in [-0.2, 0) is 29.4 Å². The van der Waals surface area contributed by atoms with E-state index in [9.17, 15) is 13.2 Å². The second-order valence-corrected chi connectivity index (χ2v) is 9.24. The highest BCUT2D eigenvalue weighted by molar-refractivity contribution is 7.89. The third kappa shape index (κ3) is 3.23. The van der Waals surface area contributed by atoms with Crippen molar-refractivity contribution < 1.29 is 12.9 Å². The van der Waals surface area contributed by atoms with Crippen LogP contribution in [0.2, 0.25) is 0 Å². The summed E-state index contributed by atoms with van der Waals surface area (Å²) in [6, 6.07) is 1.37. The first-order valence-corrected chi connectivity index (χ1v) is 10.9. The molecule has 0 saturated carbocycles. The van der Waals surface area contributed by atoms with Gasteiger partial charge < -0.3 is 4.52 Å². The van der Waals surface area contributed by atoms with Crippen LogP contribution in [0.25, 0.3) is 0 Å². The minimum atomic E-state index is -3.72. The average Bonchev–Trinajstić information content (AvgIpc) is 3.22. The average molecular weight is 392 g/mol. The SMILES string of the molecule is Cc1noc(C)c1S(=O)(=O)N1CCCC1Cn1nc2c(cc1=O)CCCC2. The largest absolute Gasteiger partial charge is 0.360 e. The minimum Gasteiger partial charge on any atom is -0.360 e. The van der Waals surface area contributed by atoms with Crippen molar-refractivity contribution in [3.05, 3.63) is 39.1 Å². The zero-order valence-corrected chi connectivity index (χ0v) is 16.5. The maximum atomic E-state index is 13.2. The van der Waals surface area contributed by atoms with Crippen LogP contribution in [0.5, 0.6) is 0 Å². The second kappa shape index (κ2) is 6.87. The molecule has 0 spiro atoms. The molecule has 0 aromatic carbocycles. The summed E-state index contributed by atoms with van der Waals surface area (Å²) in [4.78, 5) is 12.6. The molecular weight excluding hydrogens is 368 g/mol. The van der Waals surface area contributed by atoms with Crippen LogP contribution >= 0.6 is 0 Å². The molecule has 4 rings (SSSR count). The molecule has 2 aliphatic rings. The van der Waals surface area contributed by atoms with Crippen LogP contribution in [0, 0.1) is 13.8 Å². The molecule has 146 valence electrons. The third-order valence-electron chi connectivity index (χ3n) is 5.52. The van der Waals surface area contributed by atoms with E-state index in [-0.39, 0.29) is 23.0 Å². The topological polar surface area (TPSA) is 98.3 Å². The summed E-state index contributed by atoms with van der Waals surface area (Å²) < 4.78 is 34.3. The van der Waals surface area contributed by atoms with Gasteiger partial charge in [-0.25, -0.2) is 13.1 Å². The first-order chi connectivity index (χ1) is 12.9. The van der Waals surface area contributed by atoms with Gasteiger partial charge in [-0.1, -0.05) is 5.16 Å². The van der Waals surface area contributed by atoms with E-state index in [2.05, 4.69) is 10.3 Å². The Bertz CT molecular complexity index is 1000. The summed E-state index contributed by atoms with van der Waals surface area (Å²) >= 11 is 0. The molecule has 1 saturated heterocycles. The lowest BCUT2D eigenvalue weighted by molar-refractivity contribution is 0.331. The van der Waals surface area contributed by atoms with Crippen LogP contribution in [-0.4, -0.2) is 40.2 Å². The van der Waals surface area contributed by atoms with Crippen molar-refractivity contribution in [1.29, 1.82) is 0 Å². The van der Waals surface area contributed by atoms with Crippen molar-refractivity contribution in [2.24, 2.45) is 0 Å². The van der Waals surface area contributed by atoms with Gasteiger partial charge >= 0.3 is 0 Å². The number of rotatable bonds is 4. The number of hydrogen-bond acceptors (Lipinski definition) is 6. The third-order valence-corrected chi connectivity index (χ3v) is 7.71. The van der Waals surface area contributed by atoms with Crippen LogP contribution in [0.15, 0.2) is 20.3 Å². The summed E-state index contributed by atoms with van der Waals surface area (Å²) in [6.07, 6.45) is 5.40. The fourth-order valence-corrected chi connectivity index (χ4v) is 6.18. The van der Waals surface area contributed by atoms with Crippen molar-refractivity contribution in [1.82, 2.24) is 19.2 Å². The summed E-state index contributed by atoms with van der Waals surface area (Å²) in [6.45, 7) is 3.93. The Kier molecular flexibility index (Phi) is 4.67. The van der Waals surface area contributed by atoms with Gasteiger partial charge in [-0.05, 0) is 57.9 Å². The lowest BCUT2D eigenvalue weighted by Crippen LogP contribution is -2.41. The Morgan fingerprint density at radius 3 is 2.74 bits per heavy atom. The van der Waals surface area contributed by atoms with Gasteiger partial charge in [-0.15, -0.1) is 0 Å². The lowest BCUT2D eigenvalue weighted by Gasteiger charge is -2.25. The highest BCUT2D eigenvalue weighted by Crippen LogP contribution is 2.30. The zero-order chi connectivity index (χ0) is 19.2. The first kappa shape index (κ1) is 18.4. The molecule has 0 bridgehead atoms. The van der Waals surface area contributed by atoms with Gasteiger partial charge in [0.2, 0.25) is 10.0 Å². The van der Waals surface area contributed by atoms with Gasteiger partial charge in [0.15, 0.2) is 5.76 Å². The van der Waals surface area contributed by atoms with Gasteiger partial charge in [-0.2, -0.15) is 9.40 Å². The van der Waals surface area contributed by atoms with E-state index in [1.54, 1.807) is 19.9 Å². The molecule has 27 heavy (non-hydrogen) atoms. The van der Waals surface area contributed by atoms with E-state index in [1.807, 2.05) is 0 Å². The molecule has 1 aliphatic heterocycles. The standard InChI is InChI=1S/C18H24N4O4S/c1-12-18(13(2)26-20-12)27(24,25)22-9-5-7-15(22)11-21-17(23)10-14-6-3-4-8-16(14)19-21/h10,15H,3-9,11H2,1-2H3. The van der Waals surface area contributed by atoms with Crippen molar-refractivity contribution in [2.45, 2.75) is 69.9 Å². The molecule has 1 unspecified atom stereocenters. The number of hydrogen-bond donors (Lipinski definition) is 0. The number of aromatic nitrogens is 3. The predicted molar refractivity (Wildman–Crippen MR) is 98.0 cm³/mol. The molecule has 0 N–H and O–H groups in total. The van der Waals surface area contributed by atoms with Crippen molar-refractivity contribution in [3.8, 4) is 0 Å². The van der Waals surface area contributed by atoms with Crippen molar-refractivity contribution >= 4 is 10.0 Å². The first-order valence-electron chi connectivity index (χ1n) is 9.42. The normalized spacial score (nSPS) is 20.7. The molecule has 0 amide bonds. The van der Waals surface area contributed by atoms with E-state index in [0.29, 0.717) is 24.4 Å². The van der Waals surface area contributed by atoms with E-state index in [0.717, 1.165) is 43.4 Å². The van der Waals surface area contributed by atoms with Crippen LogP contribution in [0.3, 0.4) is 0 Å². The zero-order valence-electron chi connectivity index (χ0n) is 15.6. The monoisotopic (exact) mass is 392 g/mol. The molecule has 3 heterocycles. The Morgan fingerprint density at radius 1 is 1.22 bits per heavy atom. The number of fused-ring (bicyclic) bond motifs is 1. The van der Waals surface area contributed by atoms with Gasteiger partial charge in [0.05, 0.1) is 12.2 Å². The van der Waals surface area contributed by atoms with Crippen molar-refractivity contribution in [2.75, 3.05) is 6.54 Å². The molecule has 1 atom stereocenters. The maximum absolute atomic E-state index is 13.2. The molecule has 8 nitrogen and oxygen atoms in total. The minimum absolute atomic E-state index is 0.139. The molecule has 1 aliphatic carbocycles. The second-order valence-electron chi connectivity index (χ2n) is 7.41.